The number of anilines is 2. The van der Waals surface area contributed by atoms with E-state index in [0.29, 0.717) is 29.5 Å². The van der Waals surface area contributed by atoms with Gasteiger partial charge in [0.05, 0.1) is 12.6 Å². The van der Waals surface area contributed by atoms with Crippen LogP contribution in [0.15, 0.2) is 72.8 Å². The predicted octanol–water partition coefficient (Wildman–Crippen LogP) is 6.90. The Labute approximate surface area is 253 Å². The number of amides is 3. The third kappa shape index (κ3) is 6.46. The number of carbonyl (C=O) groups is 3. The second-order valence-corrected chi connectivity index (χ2v) is 11.7. The first kappa shape index (κ1) is 29.6. The average Bonchev–Trinajstić information content (AvgIpc) is 2.98. The van der Waals surface area contributed by atoms with Crippen LogP contribution in [0.5, 0.6) is 5.75 Å². The largest absolute Gasteiger partial charge is 0.494 e. The predicted molar refractivity (Wildman–Crippen MR) is 166 cm³/mol. The van der Waals surface area contributed by atoms with Gasteiger partial charge in [-0.1, -0.05) is 29.8 Å². The van der Waals surface area contributed by atoms with Crippen molar-refractivity contribution in [2.75, 3.05) is 29.5 Å². The van der Waals surface area contributed by atoms with Crippen molar-refractivity contribution < 1.29 is 19.1 Å². The smallest absolute Gasteiger partial charge is 0.258 e. The minimum Gasteiger partial charge on any atom is -0.494 e. The molecule has 0 radical (unpaired) electrons. The minimum absolute atomic E-state index is 0.0683. The summed E-state index contributed by atoms with van der Waals surface area (Å²) in [5, 5.41) is 0.610. The van der Waals surface area contributed by atoms with Crippen LogP contribution in [-0.4, -0.2) is 48.4 Å². The number of para-hydroxylation sites is 1. The highest BCUT2D eigenvalue weighted by Crippen LogP contribution is 2.43. The number of ether oxygens (including phenoxy) is 1. The van der Waals surface area contributed by atoms with Crippen LogP contribution in [0.3, 0.4) is 0 Å². The molecule has 8 heteroatoms. The summed E-state index contributed by atoms with van der Waals surface area (Å²) in [7, 11) is 0. The molecule has 220 valence electrons. The van der Waals surface area contributed by atoms with Gasteiger partial charge in [0.1, 0.15) is 5.75 Å². The van der Waals surface area contributed by atoms with Crippen LogP contribution < -0.4 is 14.5 Å². The van der Waals surface area contributed by atoms with Crippen molar-refractivity contribution >= 4 is 40.7 Å². The first-order chi connectivity index (χ1) is 20.2. The molecule has 0 spiro atoms. The van der Waals surface area contributed by atoms with Crippen LogP contribution in [0.4, 0.5) is 11.4 Å². The van der Waals surface area contributed by atoms with E-state index in [1.165, 1.54) is 0 Å². The number of rotatable bonds is 7. The molecule has 1 saturated heterocycles. The zero-order valence-electron chi connectivity index (χ0n) is 24.5. The highest BCUT2D eigenvalue weighted by Gasteiger charge is 2.38. The van der Waals surface area contributed by atoms with Gasteiger partial charge in [-0.25, -0.2) is 0 Å². The van der Waals surface area contributed by atoms with Crippen molar-refractivity contribution in [2.24, 2.45) is 5.92 Å². The second kappa shape index (κ2) is 13.0. The third-order valence-electron chi connectivity index (χ3n) is 8.49. The molecule has 3 aromatic rings. The van der Waals surface area contributed by atoms with E-state index in [9.17, 15) is 14.4 Å². The van der Waals surface area contributed by atoms with Gasteiger partial charge >= 0.3 is 0 Å². The Kier molecular flexibility index (Phi) is 9.17. The Hall–Kier alpha value is -3.84. The fourth-order valence-electron chi connectivity index (χ4n) is 6.23. The van der Waals surface area contributed by atoms with Crippen molar-refractivity contribution in [1.29, 1.82) is 0 Å². The van der Waals surface area contributed by atoms with Crippen LogP contribution in [0.2, 0.25) is 5.02 Å². The van der Waals surface area contributed by atoms with E-state index in [1.807, 2.05) is 77.4 Å². The maximum Gasteiger partial charge on any atom is 0.258 e. The Morgan fingerprint density at radius 2 is 1.60 bits per heavy atom. The fraction of sp³-hybridized carbons (Fsp3) is 0.382. The van der Waals surface area contributed by atoms with E-state index in [4.69, 9.17) is 16.3 Å². The lowest BCUT2D eigenvalue weighted by atomic mass is 9.89. The fourth-order valence-corrected chi connectivity index (χ4v) is 6.36. The molecule has 7 nitrogen and oxygen atoms in total. The molecule has 5 rings (SSSR count). The zero-order valence-corrected chi connectivity index (χ0v) is 25.2. The van der Waals surface area contributed by atoms with Gasteiger partial charge in [0, 0.05) is 54.9 Å². The topological polar surface area (TPSA) is 70.2 Å². The molecule has 2 aliphatic rings. The Morgan fingerprint density at radius 1 is 0.929 bits per heavy atom. The number of nitrogens with zero attached hydrogens (tertiary/aromatic N) is 3. The van der Waals surface area contributed by atoms with E-state index >= 15 is 0 Å². The van der Waals surface area contributed by atoms with Crippen LogP contribution in [0.25, 0.3) is 0 Å². The Bertz CT molecular complexity index is 1420. The van der Waals surface area contributed by atoms with E-state index in [0.717, 1.165) is 55.0 Å². The minimum atomic E-state index is -0.218. The molecule has 0 unspecified atom stereocenters. The number of halogens is 1. The van der Waals surface area contributed by atoms with Gasteiger partial charge in [0.25, 0.3) is 5.91 Å². The first-order valence-electron chi connectivity index (χ1n) is 14.7. The van der Waals surface area contributed by atoms with E-state index in [2.05, 4.69) is 0 Å². The summed E-state index contributed by atoms with van der Waals surface area (Å²) < 4.78 is 6.00. The van der Waals surface area contributed by atoms with Gasteiger partial charge < -0.3 is 19.4 Å². The SMILES string of the molecule is CC(=O)N1CCC(CCOc2ccc(C(=O)N3c4ccccc4[C@H](N(C(C)=O)c4ccc(Cl)cc4)C[C@@H]3C)cc2)CC1. The number of fused-ring (bicyclic) bond motifs is 1. The summed E-state index contributed by atoms with van der Waals surface area (Å²) in [6.07, 6.45) is 3.56. The average molecular weight is 588 g/mol. The number of carbonyl (C=O) groups excluding carboxylic acids is 3. The summed E-state index contributed by atoms with van der Waals surface area (Å²) in [6.45, 7) is 7.48. The molecule has 3 aromatic carbocycles. The molecule has 3 amide bonds. The van der Waals surface area contributed by atoms with Gasteiger partial charge in [-0.3, -0.25) is 14.4 Å². The normalized spacial score (nSPS) is 18.8. The molecule has 2 aliphatic heterocycles. The Morgan fingerprint density at radius 3 is 2.24 bits per heavy atom. The molecular weight excluding hydrogens is 550 g/mol. The maximum absolute atomic E-state index is 13.9. The van der Waals surface area contributed by atoms with Crippen LogP contribution in [0, 0.1) is 5.92 Å². The summed E-state index contributed by atoms with van der Waals surface area (Å²) in [4.78, 5) is 43.9. The van der Waals surface area contributed by atoms with E-state index in [1.54, 1.807) is 30.9 Å². The third-order valence-corrected chi connectivity index (χ3v) is 8.74. The van der Waals surface area contributed by atoms with E-state index in [-0.39, 0.29) is 29.8 Å². The standard InChI is InChI=1S/C34H38ClN3O4/c1-23-22-33(38(25(3)40)29-12-10-28(35)11-13-29)31-6-4-5-7-32(31)37(23)34(41)27-8-14-30(15-9-27)42-21-18-26-16-19-36(20-17-26)24(2)39/h4-15,23,26,33H,16-22H2,1-3H3/t23-,33+/m0/s1. The highest BCUT2D eigenvalue weighted by molar-refractivity contribution is 6.30. The van der Waals surface area contributed by atoms with Gasteiger partial charge in [-0.15, -0.1) is 0 Å². The van der Waals surface area contributed by atoms with Gasteiger partial charge in [-0.05, 0) is 98.7 Å². The van der Waals surface area contributed by atoms with Gasteiger partial charge in [0.15, 0.2) is 0 Å². The molecule has 0 saturated carbocycles. The van der Waals surface area contributed by atoms with E-state index < -0.39 is 0 Å². The molecule has 0 aliphatic carbocycles. The summed E-state index contributed by atoms with van der Waals surface area (Å²) in [6, 6.07) is 22.1. The van der Waals surface area contributed by atoms with Crippen LogP contribution >= 0.6 is 11.6 Å². The van der Waals surface area contributed by atoms with Gasteiger partial charge in [-0.2, -0.15) is 0 Å². The lowest BCUT2D eigenvalue weighted by Crippen LogP contribution is -2.47. The summed E-state index contributed by atoms with van der Waals surface area (Å²) in [5.41, 5.74) is 3.10. The maximum atomic E-state index is 13.9. The number of hydrogen-bond donors (Lipinski definition) is 0. The second-order valence-electron chi connectivity index (χ2n) is 11.3. The lowest BCUT2D eigenvalue weighted by Gasteiger charge is -2.43. The van der Waals surface area contributed by atoms with Crippen molar-refractivity contribution in [3.63, 3.8) is 0 Å². The van der Waals surface area contributed by atoms with Crippen molar-refractivity contribution in [3.05, 3.63) is 88.9 Å². The van der Waals surface area contributed by atoms with Crippen LogP contribution in [0.1, 0.15) is 68.4 Å². The summed E-state index contributed by atoms with van der Waals surface area (Å²) >= 11 is 6.11. The number of piperidine rings is 1. The number of hydrogen-bond acceptors (Lipinski definition) is 4. The zero-order chi connectivity index (χ0) is 29.8. The first-order valence-corrected chi connectivity index (χ1v) is 15.1. The Balaban J connectivity index is 1.27. The van der Waals surface area contributed by atoms with Crippen molar-refractivity contribution in [3.8, 4) is 5.75 Å². The molecule has 0 aromatic heterocycles. The molecule has 2 heterocycles. The van der Waals surface area contributed by atoms with Gasteiger partial charge in [0.2, 0.25) is 11.8 Å². The number of likely N-dealkylation sites (tertiary alicyclic amines) is 1. The van der Waals surface area contributed by atoms with Crippen molar-refractivity contribution in [1.82, 2.24) is 4.90 Å². The molecule has 1 fully saturated rings. The summed E-state index contributed by atoms with van der Waals surface area (Å²) in [5.74, 6) is 1.29. The molecule has 0 N–H and O–H groups in total. The van der Waals surface area contributed by atoms with Crippen molar-refractivity contribution in [2.45, 2.75) is 58.5 Å². The molecular formula is C34H38ClN3O4. The highest BCUT2D eigenvalue weighted by atomic mass is 35.5. The molecule has 42 heavy (non-hydrogen) atoms. The number of benzene rings is 3. The molecule has 0 bridgehead atoms. The quantitative estimate of drug-likeness (QED) is 0.301. The van der Waals surface area contributed by atoms with Crippen LogP contribution in [-0.2, 0) is 9.59 Å². The molecule has 2 atom stereocenters. The monoisotopic (exact) mass is 587 g/mol. The lowest BCUT2D eigenvalue weighted by molar-refractivity contribution is -0.130.